The molecule has 0 radical (unpaired) electrons. The molecule has 40 heavy (non-hydrogen) atoms. The van der Waals surface area contributed by atoms with Crippen LogP contribution in [0.15, 0.2) is 48.6 Å². The van der Waals surface area contributed by atoms with E-state index in [0.717, 1.165) is 0 Å². The topological polar surface area (TPSA) is 101 Å². The summed E-state index contributed by atoms with van der Waals surface area (Å²) in [5.41, 5.74) is 1.28. The number of carbonyl (C=O) groups is 3. The second-order valence-electron chi connectivity index (χ2n) is 10.0. The molecule has 9 nitrogen and oxygen atoms in total. The van der Waals surface area contributed by atoms with Crippen molar-refractivity contribution in [1.29, 1.82) is 0 Å². The summed E-state index contributed by atoms with van der Waals surface area (Å²) in [7, 11) is 3.07. The van der Waals surface area contributed by atoms with E-state index in [4.69, 9.17) is 35.3 Å². The first-order valence-electron chi connectivity index (χ1n) is 12.9. The van der Waals surface area contributed by atoms with Crippen molar-refractivity contribution in [1.82, 2.24) is 0 Å². The molecular weight excluding hydrogens is 538 g/mol. The number of ether oxygens (including phenoxy) is 5. The van der Waals surface area contributed by atoms with Crippen LogP contribution in [0.25, 0.3) is 0 Å². The summed E-state index contributed by atoms with van der Waals surface area (Å²) in [6.07, 6.45) is 1.19. The number of hydrogen-bond donors (Lipinski definition) is 0. The molecule has 1 amide bonds. The number of methoxy groups -OCH3 is 2. The number of hydrogen-bond acceptors (Lipinski definition) is 8. The van der Waals surface area contributed by atoms with Crippen LogP contribution in [0.5, 0.6) is 11.5 Å². The van der Waals surface area contributed by atoms with Gasteiger partial charge in [-0.1, -0.05) is 43.7 Å². The van der Waals surface area contributed by atoms with Crippen molar-refractivity contribution in [2.45, 2.75) is 46.3 Å². The van der Waals surface area contributed by atoms with Gasteiger partial charge in [-0.15, -0.1) is 0 Å². The molecule has 0 fully saturated rings. The number of rotatable bonds is 11. The number of amides is 1. The summed E-state index contributed by atoms with van der Waals surface area (Å²) in [5, 5.41) is 0.460. The standard InChI is InChI=1S/C30H36ClNO8/c1-7-38-26(34)13-9-12-25-29(35)32(17-30(3,4)18-39-19(2)33)23-15-14-20(31)16-22(23)27(40-25)21-10-8-11-24(36-5)28(21)37-6/h8-11,13-16,25,27H,7,12,17-18H2,1-6H3/t25-,27-/m1/s1. The molecule has 0 N–H and O–H groups in total. The first-order valence-corrected chi connectivity index (χ1v) is 13.3. The van der Waals surface area contributed by atoms with Gasteiger partial charge in [-0.25, -0.2) is 4.79 Å². The van der Waals surface area contributed by atoms with Gasteiger partial charge in [0.2, 0.25) is 0 Å². The molecule has 0 aromatic heterocycles. The van der Waals surface area contributed by atoms with Crippen LogP contribution in [0.4, 0.5) is 5.69 Å². The van der Waals surface area contributed by atoms with E-state index in [0.29, 0.717) is 33.3 Å². The first-order chi connectivity index (χ1) is 19.0. The Kier molecular flexibility index (Phi) is 10.6. The molecule has 1 aliphatic heterocycles. The van der Waals surface area contributed by atoms with Crippen LogP contribution in [0.1, 0.15) is 51.3 Å². The number of benzene rings is 2. The molecule has 1 heterocycles. The maximum Gasteiger partial charge on any atom is 0.330 e. The fraction of sp³-hybridized carbons (Fsp3) is 0.433. The van der Waals surface area contributed by atoms with Gasteiger partial charge in [-0.05, 0) is 31.2 Å². The molecule has 0 saturated carbocycles. The van der Waals surface area contributed by atoms with Crippen molar-refractivity contribution < 1.29 is 38.1 Å². The van der Waals surface area contributed by atoms with E-state index < -0.39 is 29.6 Å². The molecular formula is C30H36ClNO8. The van der Waals surface area contributed by atoms with Gasteiger partial charge < -0.3 is 28.6 Å². The number of halogens is 1. The summed E-state index contributed by atoms with van der Waals surface area (Å²) in [4.78, 5) is 39.2. The number of anilines is 1. The smallest absolute Gasteiger partial charge is 0.330 e. The van der Waals surface area contributed by atoms with Crippen LogP contribution in [0.3, 0.4) is 0 Å². The minimum Gasteiger partial charge on any atom is -0.493 e. The van der Waals surface area contributed by atoms with E-state index in [-0.39, 0.29) is 32.1 Å². The van der Waals surface area contributed by atoms with Crippen molar-refractivity contribution in [3.05, 3.63) is 64.7 Å². The highest BCUT2D eigenvalue weighted by Crippen LogP contribution is 2.45. The fourth-order valence-corrected chi connectivity index (χ4v) is 4.68. The molecule has 2 aromatic rings. The second-order valence-corrected chi connectivity index (χ2v) is 10.5. The van der Waals surface area contributed by atoms with Crippen molar-refractivity contribution in [2.24, 2.45) is 5.41 Å². The van der Waals surface area contributed by atoms with E-state index >= 15 is 0 Å². The Morgan fingerprint density at radius 1 is 1.10 bits per heavy atom. The Hall–Kier alpha value is -3.56. The number of nitrogens with zero attached hydrogens (tertiary/aromatic N) is 1. The van der Waals surface area contributed by atoms with E-state index in [9.17, 15) is 14.4 Å². The average Bonchev–Trinajstić information content (AvgIpc) is 3.01. The summed E-state index contributed by atoms with van der Waals surface area (Å²) < 4.78 is 28.0. The Morgan fingerprint density at radius 2 is 1.85 bits per heavy atom. The predicted octanol–water partition coefficient (Wildman–Crippen LogP) is 5.28. The summed E-state index contributed by atoms with van der Waals surface area (Å²) in [6.45, 7) is 7.43. The molecule has 0 bridgehead atoms. The van der Waals surface area contributed by atoms with Crippen LogP contribution in [0, 0.1) is 5.41 Å². The quantitative estimate of drug-likeness (QED) is 0.264. The zero-order valence-electron chi connectivity index (χ0n) is 23.7. The molecule has 0 aliphatic carbocycles. The van der Waals surface area contributed by atoms with Gasteiger partial charge in [0.25, 0.3) is 5.91 Å². The second kappa shape index (κ2) is 13.7. The molecule has 216 valence electrons. The van der Waals surface area contributed by atoms with Gasteiger partial charge in [0, 0.05) is 53.2 Å². The third-order valence-electron chi connectivity index (χ3n) is 6.26. The summed E-state index contributed by atoms with van der Waals surface area (Å²) >= 11 is 6.47. The lowest BCUT2D eigenvalue weighted by Crippen LogP contribution is -2.45. The lowest BCUT2D eigenvalue weighted by Gasteiger charge is -2.33. The highest BCUT2D eigenvalue weighted by atomic mass is 35.5. The van der Waals surface area contributed by atoms with Gasteiger partial charge in [0.05, 0.1) is 27.4 Å². The van der Waals surface area contributed by atoms with Crippen molar-refractivity contribution >= 4 is 35.1 Å². The monoisotopic (exact) mass is 573 g/mol. The Bertz CT molecular complexity index is 1260. The van der Waals surface area contributed by atoms with Gasteiger partial charge >= 0.3 is 11.9 Å². The van der Waals surface area contributed by atoms with E-state index in [1.165, 1.54) is 20.1 Å². The fourth-order valence-electron chi connectivity index (χ4n) is 4.50. The van der Waals surface area contributed by atoms with Crippen LogP contribution >= 0.6 is 11.6 Å². The van der Waals surface area contributed by atoms with Crippen molar-refractivity contribution in [3.8, 4) is 11.5 Å². The Balaban J connectivity index is 2.16. The zero-order valence-corrected chi connectivity index (χ0v) is 24.4. The molecule has 2 atom stereocenters. The van der Waals surface area contributed by atoms with E-state index in [2.05, 4.69) is 0 Å². The maximum atomic E-state index is 14.1. The zero-order chi connectivity index (χ0) is 29.4. The highest BCUT2D eigenvalue weighted by Gasteiger charge is 2.39. The minimum atomic E-state index is -0.984. The molecule has 0 spiro atoms. The molecule has 3 rings (SSSR count). The van der Waals surface area contributed by atoms with Gasteiger partial charge in [0.1, 0.15) is 12.2 Å². The number of carbonyl (C=O) groups excluding carboxylic acids is 3. The Morgan fingerprint density at radius 3 is 2.50 bits per heavy atom. The average molecular weight is 574 g/mol. The predicted molar refractivity (Wildman–Crippen MR) is 151 cm³/mol. The lowest BCUT2D eigenvalue weighted by molar-refractivity contribution is -0.144. The normalized spacial score (nSPS) is 17.3. The first kappa shape index (κ1) is 31.0. The number of fused-ring (bicyclic) bond motifs is 1. The van der Waals surface area contributed by atoms with Crippen LogP contribution in [-0.2, 0) is 28.6 Å². The van der Waals surface area contributed by atoms with Crippen LogP contribution in [0.2, 0.25) is 5.02 Å². The van der Waals surface area contributed by atoms with Crippen LogP contribution in [-0.4, -0.2) is 57.9 Å². The summed E-state index contributed by atoms with van der Waals surface area (Å²) in [5.74, 6) is -0.280. The molecule has 1 aliphatic rings. The molecule has 0 unspecified atom stereocenters. The van der Waals surface area contributed by atoms with Gasteiger partial charge in [-0.2, -0.15) is 0 Å². The van der Waals surface area contributed by atoms with Gasteiger partial charge in [-0.3, -0.25) is 9.59 Å². The highest BCUT2D eigenvalue weighted by molar-refractivity contribution is 6.30. The largest absolute Gasteiger partial charge is 0.493 e. The van der Waals surface area contributed by atoms with E-state index in [1.54, 1.807) is 49.3 Å². The molecule has 2 aromatic carbocycles. The lowest BCUT2D eigenvalue weighted by atomic mass is 9.92. The van der Waals surface area contributed by atoms with Crippen molar-refractivity contribution in [3.63, 3.8) is 0 Å². The van der Waals surface area contributed by atoms with E-state index in [1.807, 2.05) is 26.0 Å². The third kappa shape index (κ3) is 7.55. The Labute approximate surface area is 239 Å². The number of para-hydroxylation sites is 1. The van der Waals surface area contributed by atoms with Crippen molar-refractivity contribution in [2.75, 3.05) is 38.9 Å². The summed E-state index contributed by atoms with van der Waals surface area (Å²) in [6, 6.07) is 10.7. The molecule has 10 heteroatoms. The number of esters is 2. The SMILES string of the molecule is CCOC(=O)C=CC[C@H]1O[C@H](c2cccc(OC)c2OC)c2cc(Cl)ccc2N(CC(C)(C)COC(C)=O)C1=O. The molecule has 0 saturated heterocycles. The van der Waals surface area contributed by atoms with Gasteiger partial charge in [0.15, 0.2) is 11.5 Å². The van der Waals surface area contributed by atoms with Crippen LogP contribution < -0.4 is 14.4 Å². The third-order valence-corrected chi connectivity index (χ3v) is 6.50. The maximum absolute atomic E-state index is 14.1. The minimum absolute atomic E-state index is 0.100.